The number of carbonyl (C=O) groups is 1. The summed E-state index contributed by atoms with van der Waals surface area (Å²) in [5.41, 5.74) is 3.47. The van der Waals surface area contributed by atoms with Crippen LogP contribution in [0.5, 0.6) is 17.2 Å². The minimum Gasteiger partial charge on any atom is -0.496 e. The standard InChI is InChI=1S/C32H37N5O4/c1-23-9-8-10-24(2)31(23)41-32(38)37(30-17-18-33-22-34-30)21-28(27-11-6-7-12-29(27)39-5)35-25-13-15-26(16-14-25)40-20-19-36(3)4/h6-18,22,28,35H,19-21H2,1-5H3. The molecule has 9 heteroatoms. The molecule has 1 N–H and O–H groups in total. The molecule has 0 aliphatic rings. The fraction of sp³-hybridized carbons (Fsp3) is 0.281. The van der Waals surface area contributed by atoms with Crippen molar-refractivity contribution in [1.29, 1.82) is 0 Å². The zero-order valence-corrected chi connectivity index (χ0v) is 24.2. The van der Waals surface area contributed by atoms with Crippen LogP contribution in [-0.4, -0.2) is 61.9 Å². The number of nitrogens with one attached hydrogen (secondary N) is 1. The zero-order chi connectivity index (χ0) is 29.2. The second kappa shape index (κ2) is 14.1. The molecule has 0 aliphatic carbocycles. The van der Waals surface area contributed by atoms with E-state index in [4.69, 9.17) is 14.2 Å². The topological polar surface area (TPSA) is 89.0 Å². The van der Waals surface area contributed by atoms with Crippen molar-refractivity contribution in [3.05, 3.63) is 102 Å². The quantitative estimate of drug-likeness (QED) is 0.231. The SMILES string of the molecule is COc1ccccc1C(CN(C(=O)Oc1c(C)cccc1C)c1ccncn1)Nc1ccc(OCCN(C)C)cc1. The molecule has 1 amide bonds. The number of methoxy groups -OCH3 is 1. The number of amides is 1. The van der Waals surface area contributed by atoms with Crippen molar-refractivity contribution in [3.8, 4) is 17.2 Å². The zero-order valence-electron chi connectivity index (χ0n) is 24.2. The number of para-hydroxylation sites is 2. The highest BCUT2D eigenvalue weighted by Gasteiger charge is 2.27. The van der Waals surface area contributed by atoms with Crippen LogP contribution in [0, 0.1) is 13.8 Å². The summed E-state index contributed by atoms with van der Waals surface area (Å²) in [4.78, 5) is 25.7. The van der Waals surface area contributed by atoms with E-state index in [1.807, 2.05) is 94.7 Å². The molecule has 0 aliphatic heterocycles. The Morgan fingerprint density at radius 2 is 1.68 bits per heavy atom. The van der Waals surface area contributed by atoms with Gasteiger partial charge in [0.15, 0.2) is 0 Å². The number of rotatable bonds is 12. The third kappa shape index (κ3) is 7.95. The number of benzene rings is 3. The molecular formula is C32H37N5O4. The molecule has 214 valence electrons. The highest BCUT2D eigenvalue weighted by atomic mass is 16.6. The normalized spacial score (nSPS) is 11.6. The van der Waals surface area contributed by atoms with Crippen LogP contribution in [0.1, 0.15) is 22.7 Å². The van der Waals surface area contributed by atoms with Crippen LogP contribution in [0.4, 0.5) is 16.3 Å². The van der Waals surface area contributed by atoms with Gasteiger partial charge in [0.1, 0.15) is 36.0 Å². The fourth-order valence-corrected chi connectivity index (χ4v) is 4.36. The Morgan fingerprint density at radius 3 is 2.34 bits per heavy atom. The second-order valence-electron chi connectivity index (χ2n) is 9.88. The van der Waals surface area contributed by atoms with E-state index in [2.05, 4.69) is 20.2 Å². The van der Waals surface area contributed by atoms with Gasteiger partial charge in [0.2, 0.25) is 0 Å². The van der Waals surface area contributed by atoms with Gasteiger partial charge >= 0.3 is 6.09 Å². The number of hydrogen-bond acceptors (Lipinski definition) is 8. The number of carbonyl (C=O) groups excluding carboxylic acids is 1. The van der Waals surface area contributed by atoms with Crippen molar-refractivity contribution < 1.29 is 19.0 Å². The average Bonchev–Trinajstić information content (AvgIpc) is 2.98. The summed E-state index contributed by atoms with van der Waals surface area (Å²) in [5.74, 6) is 2.43. The lowest BCUT2D eigenvalue weighted by Crippen LogP contribution is -2.39. The van der Waals surface area contributed by atoms with Gasteiger partial charge in [-0.15, -0.1) is 0 Å². The van der Waals surface area contributed by atoms with Gasteiger partial charge in [-0.25, -0.2) is 14.8 Å². The smallest absolute Gasteiger partial charge is 0.421 e. The van der Waals surface area contributed by atoms with Crippen molar-refractivity contribution in [1.82, 2.24) is 14.9 Å². The van der Waals surface area contributed by atoms with Crippen molar-refractivity contribution in [2.75, 3.05) is 51.1 Å². The van der Waals surface area contributed by atoms with Gasteiger partial charge in [0.25, 0.3) is 0 Å². The number of ether oxygens (including phenoxy) is 3. The lowest BCUT2D eigenvalue weighted by atomic mass is 10.0. The molecule has 0 radical (unpaired) electrons. The van der Waals surface area contributed by atoms with Gasteiger partial charge in [-0.05, 0) is 75.5 Å². The molecule has 1 heterocycles. The molecule has 0 bridgehead atoms. The lowest BCUT2D eigenvalue weighted by molar-refractivity contribution is 0.206. The Kier molecular flexibility index (Phi) is 10.1. The Bertz CT molecular complexity index is 1390. The maximum atomic E-state index is 13.7. The van der Waals surface area contributed by atoms with Crippen LogP contribution in [0.2, 0.25) is 0 Å². The maximum absolute atomic E-state index is 13.7. The highest BCUT2D eigenvalue weighted by Crippen LogP contribution is 2.31. The van der Waals surface area contributed by atoms with Gasteiger partial charge in [0.05, 0.1) is 19.7 Å². The molecule has 41 heavy (non-hydrogen) atoms. The van der Waals surface area contributed by atoms with E-state index >= 15 is 0 Å². The highest BCUT2D eigenvalue weighted by molar-refractivity contribution is 5.88. The summed E-state index contributed by atoms with van der Waals surface area (Å²) in [7, 11) is 5.65. The molecule has 4 rings (SSSR count). The number of likely N-dealkylation sites (N-methyl/N-ethyl adjacent to an activating group) is 1. The maximum Gasteiger partial charge on any atom is 0.421 e. The van der Waals surface area contributed by atoms with Gasteiger partial charge in [-0.3, -0.25) is 4.90 Å². The summed E-state index contributed by atoms with van der Waals surface area (Å²) in [6, 6.07) is 22.6. The van der Waals surface area contributed by atoms with Crippen molar-refractivity contribution in [2.24, 2.45) is 0 Å². The summed E-state index contributed by atoms with van der Waals surface area (Å²) in [5, 5.41) is 3.58. The summed E-state index contributed by atoms with van der Waals surface area (Å²) in [6.45, 7) is 5.45. The summed E-state index contributed by atoms with van der Waals surface area (Å²) in [6.07, 6.45) is 2.46. The van der Waals surface area contributed by atoms with Crippen LogP contribution < -0.4 is 24.4 Å². The first kappa shape index (κ1) is 29.4. The Hall–Kier alpha value is -4.63. The predicted molar refractivity (Wildman–Crippen MR) is 161 cm³/mol. The molecule has 0 spiro atoms. The molecule has 1 unspecified atom stereocenters. The van der Waals surface area contributed by atoms with E-state index in [0.29, 0.717) is 23.9 Å². The Morgan fingerprint density at radius 1 is 0.951 bits per heavy atom. The second-order valence-corrected chi connectivity index (χ2v) is 9.88. The van der Waals surface area contributed by atoms with Crippen LogP contribution in [0.15, 0.2) is 85.3 Å². The van der Waals surface area contributed by atoms with Crippen molar-refractivity contribution in [3.63, 3.8) is 0 Å². The van der Waals surface area contributed by atoms with Crippen molar-refractivity contribution in [2.45, 2.75) is 19.9 Å². The number of aryl methyl sites for hydroxylation is 2. The summed E-state index contributed by atoms with van der Waals surface area (Å²) >= 11 is 0. The van der Waals surface area contributed by atoms with Crippen LogP contribution in [-0.2, 0) is 0 Å². The van der Waals surface area contributed by atoms with Gasteiger partial charge in [0, 0.05) is 24.0 Å². The van der Waals surface area contributed by atoms with Gasteiger partial charge < -0.3 is 24.4 Å². The van der Waals surface area contributed by atoms with E-state index < -0.39 is 6.09 Å². The predicted octanol–water partition coefficient (Wildman–Crippen LogP) is 5.90. The first-order valence-electron chi connectivity index (χ1n) is 13.4. The van der Waals surface area contributed by atoms with Crippen LogP contribution in [0.25, 0.3) is 0 Å². The first-order valence-corrected chi connectivity index (χ1v) is 13.4. The molecule has 0 saturated heterocycles. The minimum absolute atomic E-state index is 0.197. The molecule has 0 saturated carbocycles. The molecule has 3 aromatic carbocycles. The van der Waals surface area contributed by atoms with E-state index in [1.54, 1.807) is 19.4 Å². The van der Waals surface area contributed by atoms with E-state index in [9.17, 15) is 4.79 Å². The number of anilines is 2. The third-order valence-corrected chi connectivity index (χ3v) is 6.54. The first-order chi connectivity index (χ1) is 19.9. The molecule has 4 aromatic rings. The lowest BCUT2D eigenvalue weighted by Gasteiger charge is -2.29. The molecule has 1 atom stereocenters. The number of hydrogen-bond donors (Lipinski definition) is 1. The molecule has 9 nitrogen and oxygen atoms in total. The van der Waals surface area contributed by atoms with Crippen molar-refractivity contribution >= 4 is 17.6 Å². The minimum atomic E-state index is -0.549. The molecule has 0 fully saturated rings. The Balaban J connectivity index is 1.64. The van der Waals surface area contributed by atoms with E-state index in [1.165, 1.54) is 11.2 Å². The van der Waals surface area contributed by atoms with Crippen LogP contribution in [0.3, 0.4) is 0 Å². The van der Waals surface area contributed by atoms with Crippen LogP contribution >= 0.6 is 0 Å². The molecular weight excluding hydrogens is 518 g/mol. The third-order valence-electron chi connectivity index (χ3n) is 6.54. The van der Waals surface area contributed by atoms with E-state index in [-0.39, 0.29) is 12.6 Å². The van der Waals surface area contributed by atoms with Gasteiger partial charge in [-0.2, -0.15) is 0 Å². The van der Waals surface area contributed by atoms with E-state index in [0.717, 1.165) is 34.7 Å². The monoisotopic (exact) mass is 555 g/mol. The molecule has 1 aromatic heterocycles. The number of nitrogens with zero attached hydrogens (tertiary/aromatic N) is 4. The van der Waals surface area contributed by atoms with Gasteiger partial charge in [-0.1, -0.05) is 36.4 Å². The largest absolute Gasteiger partial charge is 0.496 e. The summed E-state index contributed by atoms with van der Waals surface area (Å²) < 4.78 is 17.5. The average molecular weight is 556 g/mol. The number of aromatic nitrogens is 2. The Labute approximate surface area is 241 Å². The fourth-order valence-electron chi connectivity index (χ4n) is 4.36.